The molecule has 0 saturated carbocycles. The van der Waals surface area contributed by atoms with Gasteiger partial charge in [-0.25, -0.2) is 0 Å². The van der Waals surface area contributed by atoms with E-state index in [1.54, 1.807) is 0 Å². The summed E-state index contributed by atoms with van der Waals surface area (Å²) in [4.78, 5) is 0. The second-order valence-corrected chi connectivity index (χ2v) is 6.67. The van der Waals surface area contributed by atoms with Gasteiger partial charge in [-0.3, -0.25) is 11.3 Å². The molecular weight excluding hydrogens is 336 g/mol. The van der Waals surface area contributed by atoms with Gasteiger partial charge in [0.1, 0.15) is 0 Å². The maximum Gasteiger partial charge on any atom is 0.0835 e. The number of hydrogen-bond donors (Lipinski definition) is 2. The zero-order valence-electron chi connectivity index (χ0n) is 9.86. The van der Waals surface area contributed by atoms with Crippen LogP contribution in [0.1, 0.15) is 5.56 Å². The zero-order valence-corrected chi connectivity index (χ0v) is 13.0. The highest BCUT2D eigenvalue weighted by atomic mass is 79.9. The van der Waals surface area contributed by atoms with Gasteiger partial charge in [0.05, 0.1) is 18.8 Å². The Morgan fingerprint density at radius 1 is 1.61 bits per heavy atom. The summed E-state index contributed by atoms with van der Waals surface area (Å²) in [5, 5.41) is 0.757. The highest BCUT2D eigenvalue weighted by Gasteiger charge is 2.24. The van der Waals surface area contributed by atoms with Gasteiger partial charge in [0, 0.05) is 21.0 Å². The standard InChI is InChI=1S/C12H16BrClN2OS/c13-9-2-1-8(10(14)6-9)5-11(16-15)12-7-18-4-3-17-12/h1-2,6,11-12,16H,3-5,7,15H2. The van der Waals surface area contributed by atoms with Gasteiger partial charge in [-0.15, -0.1) is 0 Å². The van der Waals surface area contributed by atoms with E-state index < -0.39 is 0 Å². The number of hydrogen-bond acceptors (Lipinski definition) is 4. The van der Waals surface area contributed by atoms with Gasteiger partial charge in [-0.05, 0) is 24.1 Å². The summed E-state index contributed by atoms with van der Waals surface area (Å²) >= 11 is 11.5. The first-order valence-electron chi connectivity index (χ1n) is 5.80. The molecule has 1 aromatic rings. The molecule has 6 heteroatoms. The quantitative estimate of drug-likeness (QED) is 0.646. The smallest absolute Gasteiger partial charge is 0.0835 e. The SMILES string of the molecule is NNC(Cc1ccc(Br)cc1Cl)C1CSCCO1. The first-order valence-corrected chi connectivity index (χ1v) is 8.12. The number of thioether (sulfide) groups is 1. The minimum absolute atomic E-state index is 0.0940. The molecule has 1 heterocycles. The van der Waals surface area contributed by atoms with E-state index in [2.05, 4.69) is 21.4 Å². The molecule has 0 aromatic heterocycles. The fourth-order valence-electron chi connectivity index (χ4n) is 1.96. The Bertz CT molecular complexity index is 402. The molecule has 100 valence electrons. The molecule has 0 amide bonds. The molecule has 18 heavy (non-hydrogen) atoms. The summed E-state index contributed by atoms with van der Waals surface area (Å²) < 4.78 is 6.74. The van der Waals surface area contributed by atoms with Crippen molar-refractivity contribution in [3.8, 4) is 0 Å². The molecule has 2 unspecified atom stereocenters. The van der Waals surface area contributed by atoms with Gasteiger partial charge in [0.2, 0.25) is 0 Å². The normalized spacial score (nSPS) is 21.8. The van der Waals surface area contributed by atoms with Crippen molar-refractivity contribution in [2.75, 3.05) is 18.1 Å². The second-order valence-electron chi connectivity index (χ2n) is 4.20. The van der Waals surface area contributed by atoms with Crippen LogP contribution < -0.4 is 11.3 Å². The molecule has 2 rings (SSSR count). The van der Waals surface area contributed by atoms with Crippen molar-refractivity contribution in [1.29, 1.82) is 0 Å². The van der Waals surface area contributed by atoms with E-state index in [0.717, 1.165) is 39.6 Å². The fraction of sp³-hybridized carbons (Fsp3) is 0.500. The number of halogens is 2. The lowest BCUT2D eigenvalue weighted by Crippen LogP contribution is -2.49. The van der Waals surface area contributed by atoms with Crippen molar-refractivity contribution in [2.45, 2.75) is 18.6 Å². The van der Waals surface area contributed by atoms with Crippen molar-refractivity contribution in [3.63, 3.8) is 0 Å². The molecule has 1 fully saturated rings. The van der Waals surface area contributed by atoms with Crippen molar-refractivity contribution >= 4 is 39.3 Å². The highest BCUT2D eigenvalue weighted by molar-refractivity contribution is 9.10. The Kier molecular flexibility index (Phi) is 5.79. The maximum atomic E-state index is 6.22. The largest absolute Gasteiger partial charge is 0.375 e. The Balaban J connectivity index is 2.04. The van der Waals surface area contributed by atoms with Gasteiger partial charge < -0.3 is 4.74 Å². The van der Waals surface area contributed by atoms with Gasteiger partial charge in [-0.2, -0.15) is 11.8 Å². The van der Waals surface area contributed by atoms with Crippen molar-refractivity contribution in [1.82, 2.24) is 5.43 Å². The van der Waals surface area contributed by atoms with Gasteiger partial charge >= 0.3 is 0 Å². The minimum Gasteiger partial charge on any atom is -0.375 e. The fourth-order valence-corrected chi connectivity index (χ4v) is 3.65. The molecule has 0 bridgehead atoms. The van der Waals surface area contributed by atoms with Crippen LogP contribution in [-0.4, -0.2) is 30.3 Å². The predicted octanol–water partition coefficient (Wildman–Crippen LogP) is 2.61. The molecule has 3 N–H and O–H groups in total. The minimum atomic E-state index is 0.0940. The van der Waals surface area contributed by atoms with E-state index in [9.17, 15) is 0 Å². The van der Waals surface area contributed by atoms with Crippen LogP contribution in [-0.2, 0) is 11.2 Å². The summed E-state index contributed by atoms with van der Waals surface area (Å²) in [6.07, 6.45) is 0.918. The lowest BCUT2D eigenvalue weighted by molar-refractivity contribution is 0.0472. The lowest BCUT2D eigenvalue weighted by atomic mass is 10.0. The zero-order chi connectivity index (χ0) is 13.0. The van der Waals surface area contributed by atoms with Crippen LogP contribution in [0.2, 0.25) is 5.02 Å². The maximum absolute atomic E-state index is 6.22. The van der Waals surface area contributed by atoms with Crippen molar-refractivity contribution in [3.05, 3.63) is 33.3 Å². The third-order valence-electron chi connectivity index (χ3n) is 2.96. The number of nitrogens with one attached hydrogen (secondary N) is 1. The molecule has 1 saturated heterocycles. The molecule has 0 aliphatic carbocycles. The van der Waals surface area contributed by atoms with E-state index in [-0.39, 0.29) is 12.1 Å². The van der Waals surface area contributed by atoms with Crippen LogP contribution in [0.25, 0.3) is 0 Å². The molecular formula is C12H16BrClN2OS. The molecule has 1 aromatic carbocycles. The molecule has 0 radical (unpaired) electrons. The van der Waals surface area contributed by atoms with Crippen LogP contribution in [0.3, 0.4) is 0 Å². The molecule has 0 spiro atoms. The first kappa shape index (κ1) is 14.6. The van der Waals surface area contributed by atoms with Crippen LogP contribution in [0.4, 0.5) is 0 Å². The monoisotopic (exact) mass is 350 g/mol. The van der Waals surface area contributed by atoms with Crippen LogP contribution in [0.15, 0.2) is 22.7 Å². The van der Waals surface area contributed by atoms with Crippen LogP contribution in [0.5, 0.6) is 0 Å². The van der Waals surface area contributed by atoms with Crippen molar-refractivity contribution < 1.29 is 4.74 Å². The van der Waals surface area contributed by atoms with Gasteiger partial charge in [0.25, 0.3) is 0 Å². The Morgan fingerprint density at radius 3 is 3.06 bits per heavy atom. The number of ether oxygens (including phenoxy) is 1. The van der Waals surface area contributed by atoms with Crippen LogP contribution in [0, 0.1) is 0 Å². The van der Waals surface area contributed by atoms with Gasteiger partial charge in [0.15, 0.2) is 0 Å². The molecule has 3 nitrogen and oxygen atoms in total. The summed E-state index contributed by atoms with van der Waals surface area (Å²) in [5.74, 6) is 7.68. The first-order chi connectivity index (χ1) is 8.70. The summed E-state index contributed by atoms with van der Waals surface area (Å²) in [6, 6.07) is 6.01. The van der Waals surface area contributed by atoms with E-state index in [4.69, 9.17) is 22.2 Å². The Hall–Kier alpha value is 0.220. The summed E-state index contributed by atoms with van der Waals surface area (Å²) in [6.45, 7) is 0.793. The molecule has 1 aliphatic rings. The third-order valence-corrected chi connectivity index (χ3v) is 4.82. The lowest BCUT2D eigenvalue weighted by Gasteiger charge is -2.30. The Labute approximate surface area is 125 Å². The number of nitrogens with two attached hydrogens (primary N) is 1. The molecule has 2 atom stereocenters. The number of benzene rings is 1. The Morgan fingerprint density at radius 2 is 2.44 bits per heavy atom. The predicted molar refractivity (Wildman–Crippen MR) is 81.0 cm³/mol. The average molecular weight is 352 g/mol. The van der Waals surface area contributed by atoms with Gasteiger partial charge in [-0.1, -0.05) is 33.6 Å². The summed E-state index contributed by atoms with van der Waals surface area (Å²) in [5.41, 5.74) is 3.94. The van der Waals surface area contributed by atoms with E-state index in [1.807, 2.05) is 30.0 Å². The molecule has 1 aliphatic heterocycles. The number of rotatable bonds is 4. The number of hydrazine groups is 1. The summed E-state index contributed by atoms with van der Waals surface area (Å²) in [7, 11) is 0. The van der Waals surface area contributed by atoms with Crippen molar-refractivity contribution in [2.24, 2.45) is 5.84 Å². The highest BCUT2D eigenvalue weighted by Crippen LogP contribution is 2.24. The average Bonchev–Trinajstić information content (AvgIpc) is 2.39. The van der Waals surface area contributed by atoms with E-state index >= 15 is 0 Å². The van der Waals surface area contributed by atoms with E-state index in [1.165, 1.54) is 0 Å². The van der Waals surface area contributed by atoms with Crippen LogP contribution >= 0.6 is 39.3 Å². The third kappa shape index (κ3) is 3.85. The second kappa shape index (κ2) is 7.12. The van der Waals surface area contributed by atoms with E-state index in [0.29, 0.717) is 0 Å². The topological polar surface area (TPSA) is 47.3 Å².